The maximum Gasteiger partial charge on any atom is 0.416 e. The van der Waals surface area contributed by atoms with Crippen LogP contribution < -0.4 is 10.5 Å². The van der Waals surface area contributed by atoms with Gasteiger partial charge in [0, 0.05) is 6.07 Å². The van der Waals surface area contributed by atoms with E-state index in [-0.39, 0.29) is 11.7 Å². The number of ether oxygens (including phenoxy) is 1. The molecule has 1 heterocycles. The fraction of sp³-hybridized carbons (Fsp3) is 0.500. The summed E-state index contributed by atoms with van der Waals surface area (Å²) in [4.78, 5) is 3.69. The first-order valence-corrected chi connectivity index (χ1v) is 4.62. The summed E-state index contributed by atoms with van der Waals surface area (Å²) in [7, 11) is 0. The summed E-state index contributed by atoms with van der Waals surface area (Å²) in [6.45, 7) is 5.14. The van der Waals surface area contributed by atoms with Crippen molar-refractivity contribution >= 4 is 5.82 Å². The lowest BCUT2D eigenvalue weighted by Gasteiger charge is -2.21. The van der Waals surface area contributed by atoms with E-state index in [0.717, 1.165) is 12.1 Å². The molecule has 0 spiro atoms. The fourth-order valence-corrected chi connectivity index (χ4v) is 1.06. The molecule has 0 aliphatic rings. The maximum absolute atomic E-state index is 12.4. The van der Waals surface area contributed by atoms with Crippen LogP contribution in [0.1, 0.15) is 26.3 Å². The molecule has 0 bridgehead atoms. The molecule has 2 N–H and O–H groups in total. The van der Waals surface area contributed by atoms with E-state index in [0.29, 0.717) is 0 Å². The van der Waals surface area contributed by atoms with Crippen LogP contribution in [0, 0.1) is 0 Å². The maximum atomic E-state index is 12.4. The molecule has 90 valence electrons. The zero-order chi connectivity index (χ0) is 12.6. The second-order valence-electron chi connectivity index (χ2n) is 4.33. The largest absolute Gasteiger partial charge is 0.472 e. The summed E-state index contributed by atoms with van der Waals surface area (Å²) < 4.78 is 42.6. The van der Waals surface area contributed by atoms with E-state index >= 15 is 0 Å². The predicted octanol–water partition coefficient (Wildman–Crippen LogP) is 2.86. The smallest absolute Gasteiger partial charge is 0.416 e. The molecule has 0 saturated carbocycles. The van der Waals surface area contributed by atoms with Gasteiger partial charge >= 0.3 is 6.18 Å². The third-order valence-corrected chi connectivity index (χ3v) is 1.56. The quantitative estimate of drug-likeness (QED) is 0.812. The molecule has 0 unspecified atom stereocenters. The summed E-state index contributed by atoms with van der Waals surface area (Å²) >= 11 is 0. The highest BCUT2D eigenvalue weighted by Crippen LogP contribution is 2.32. The number of nitrogens with zero attached hydrogens (tertiary/aromatic N) is 1. The van der Waals surface area contributed by atoms with Crippen molar-refractivity contribution in [2.45, 2.75) is 32.5 Å². The highest BCUT2D eigenvalue weighted by molar-refractivity contribution is 5.38. The van der Waals surface area contributed by atoms with E-state index in [1.165, 1.54) is 0 Å². The monoisotopic (exact) mass is 234 g/mol. The minimum Gasteiger partial charge on any atom is -0.472 e. The summed E-state index contributed by atoms with van der Waals surface area (Å²) in [5, 5.41) is 0. The van der Waals surface area contributed by atoms with Crippen molar-refractivity contribution < 1.29 is 17.9 Å². The molecule has 1 rings (SSSR count). The molecule has 16 heavy (non-hydrogen) atoms. The molecule has 0 aliphatic heterocycles. The zero-order valence-corrected chi connectivity index (χ0v) is 9.22. The van der Waals surface area contributed by atoms with Crippen LogP contribution in [-0.2, 0) is 6.18 Å². The Morgan fingerprint density at radius 3 is 2.19 bits per heavy atom. The van der Waals surface area contributed by atoms with Gasteiger partial charge in [-0.25, -0.2) is 0 Å². The first-order valence-electron chi connectivity index (χ1n) is 4.62. The van der Waals surface area contributed by atoms with Crippen LogP contribution in [0.15, 0.2) is 12.1 Å². The van der Waals surface area contributed by atoms with Gasteiger partial charge < -0.3 is 10.5 Å². The van der Waals surface area contributed by atoms with Crippen LogP contribution in [0.2, 0.25) is 0 Å². The molecule has 1 aromatic heterocycles. The summed E-state index contributed by atoms with van der Waals surface area (Å²) in [5.41, 5.74) is 3.80. The number of hydrogen-bond acceptors (Lipinski definition) is 3. The molecule has 0 radical (unpaired) electrons. The Kier molecular flexibility index (Phi) is 3.03. The van der Waals surface area contributed by atoms with Gasteiger partial charge in [-0.05, 0) is 26.8 Å². The topological polar surface area (TPSA) is 48.1 Å². The standard InChI is InChI=1S/C10H13F3N2O/c1-9(2,3)16-8-5-6(10(11,12)13)4-7(14)15-8/h4-5H,1-3H3,(H2,14,15). The molecule has 6 heteroatoms. The predicted molar refractivity (Wildman–Crippen MR) is 54.0 cm³/mol. The van der Waals surface area contributed by atoms with Crippen LogP contribution in [-0.4, -0.2) is 10.6 Å². The van der Waals surface area contributed by atoms with Crippen molar-refractivity contribution in [3.05, 3.63) is 17.7 Å². The van der Waals surface area contributed by atoms with Crippen molar-refractivity contribution in [2.24, 2.45) is 0 Å². The van der Waals surface area contributed by atoms with E-state index in [1.807, 2.05) is 0 Å². The summed E-state index contributed by atoms with van der Waals surface area (Å²) in [6, 6.07) is 1.61. The lowest BCUT2D eigenvalue weighted by Crippen LogP contribution is -2.24. The van der Waals surface area contributed by atoms with Gasteiger partial charge in [-0.1, -0.05) is 0 Å². The van der Waals surface area contributed by atoms with Gasteiger partial charge in [-0.2, -0.15) is 18.2 Å². The fourth-order valence-electron chi connectivity index (χ4n) is 1.06. The number of hydrogen-bond donors (Lipinski definition) is 1. The van der Waals surface area contributed by atoms with Gasteiger partial charge in [0.2, 0.25) is 5.88 Å². The molecule has 0 atom stereocenters. The number of alkyl halides is 3. The van der Waals surface area contributed by atoms with Gasteiger partial charge in [0.25, 0.3) is 0 Å². The van der Waals surface area contributed by atoms with Crippen LogP contribution in [0.4, 0.5) is 19.0 Å². The van der Waals surface area contributed by atoms with Crippen LogP contribution in [0.3, 0.4) is 0 Å². The summed E-state index contributed by atoms with van der Waals surface area (Å²) in [6.07, 6.45) is -4.45. The summed E-state index contributed by atoms with van der Waals surface area (Å²) in [5.74, 6) is -0.339. The van der Waals surface area contributed by atoms with Crippen molar-refractivity contribution in [3.63, 3.8) is 0 Å². The first-order chi connectivity index (χ1) is 7.08. The number of nitrogens with two attached hydrogens (primary N) is 1. The van der Waals surface area contributed by atoms with Crippen LogP contribution in [0.25, 0.3) is 0 Å². The third kappa shape index (κ3) is 3.60. The number of pyridine rings is 1. The van der Waals surface area contributed by atoms with Crippen LogP contribution in [0.5, 0.6) is 5.88 Å². The van der Waals surface area contributed by atoms with Gasteiger partial charge in [0.05, 0.1) is 5.56 Å². The number of aromatic nitrogens is 1. The highest BCUT2D eigenvalue weighted by Gasteiger charge is 2.32. The Hall–Kier alpha value is -1.46. The van der Waals surface area contributed by atoms with E-state index < -0.39 is 17.3 Å². The molecule has 1 aromatic rings. The number of anilines is 1. The minimum absolute atomic E-state index is 0.125. The number of halogens is 3. The Morgan fingerprint density at radius 2 is 1.75 bits per heavy atom. The minimum atomic E-state index is -4.45. The Balaban J connectivity index is 3.09. The molecule has 0 aromatic carbocycles. The molecule has 0 saturated heterocycles. The van der Waals surface area contributed by atoms with Crippen molar-refractivity contribution in [1.29, 1.82) is 0 Å². The Morgan fingerprint density at radius 1 is 1.19 bits per heavy atom. The molecular weight excluding hydrogens is 221 g/mol. The van der Waals surface area contributed by atoms with Crippen molar-refractivity contribution in [3.8, 4) is 5.88 Å². The lowest BCUT2D eigenvalue weighted by atomic mass is 10.2. The normalized spacial score (nSPS) is 12.6. The lowest BCUT2D eigenvalue weighted by molar-refractivity contribution is -0.137. The third-order valence-electron chi connectivity index (χ3n) is 1.56. The van der Waals surface area contributed by atoms with Crippen LogP contribution >= 0.6 is 0 Å². The number of nitrogen functional groups attached to an aromatic ring is 1. The van der Waals surface area contributed by atoms with Gasteiger partial charge in [0.1, 0.15) is 11.4 Å². The van der Waals surface area contributed by atoms with Crippen molar-refractivity contribution in [2.75, 3.05) is 5.73 Å². The van der Waals surface area contributed by atoms with Crippen molar-refractivity contribution in [1.82, 2.24) is 4.98 Å². The number of rotatable bonds is 1. The Bertz CT molecular complexity index is 383. The molecule has 0 fully saturated rings. The average molecular weight is 234 g/mol. The second-order valence-corrected chi connectivity index (χ2v) is 4.33. The van der Waals surface area contributed by atoms with Gasteiger partial charge in [-0.15, -0.1) is 0 Å². The van der Waals surface area contributed by atoms with E-state index in [2.05, 4.69) is 4.98 Å². The first kappa shape index (κ1) is 12.6. The molecule has 0 amide bonds. The van der Waals surface area contributed by atoms with E-state index in [9.17, 15) is 13.2 Å². The zero-order valence-electron chi connectivity index (χ0n) is 9.22. The van der Waals surface area contributed by atoms with E-state index in [4.69, 9.17) is 10.5 Å². The Labute approximate surface area is 91.4 Å². The van der Waals surface area contributed by atoms with E-state index in [1.54, 1.807) is 20.8 Å². The van der Waals surface area contributed by atoms with Gasteiger partial charge in [-0.3, -0.25) is 0 Å². The second kappa shape index (κ2) is 3.84. The average Bonchev–Trinajstić information content (AvgIpc) is 1.97. The molecular formula is C10H13F3N2O. The van der Waals surface area contributed by atoms with Gasteiger partial charge in [0.15, 0.2) is 0 Å². The molecule has 0 aliphatic carbocycles. The highest BCUT2D eigenvalue weighted by atomic mass is 19.4. The SMILES string of the molecule is CC(C)(C)Oc1cc(C(F)(F)F)cc(N)n1. The molecule has 3 nitrogen and oxygen atoms in total.